The Kier molecular flexibility index (Phi) is 5.38. The van der Waals surface area contributed by atoms with Crippen LogP contribution in [0, 0.1) is 11.8 Å². The SMILES string of the molecule is CC1CCN(c2ncc3c(n2)CC[C@@H](C(=O)NC[C@@H]2CCCO2)C3)CC1. The highest BCUT2D eigenvalue weighted by Gasteiger charge is 2.28. The molecule has 2 saturated heterocycles. The molecule has 0 spiro atoms. The number of anilines is 1. The topological polar surface area (TPSA) is 67.4 Å². The van der Waals surface area contributed by atoms with E-state index in [1.54, 1.807) is 0 Å². The normalized spacial score (nSPS) is 26.6. The van der Waals surface area contributed by atoms with Gasteiger partial charge in [-0.2, -0.15) is 0 Å². The maximum atomic E-state index is 12.5. The largest absolute Gasteiger partial charge is 0.376 e. The van der Waals surface area contributed by atoms with Crippen molar-refractivity contribution >= 4 is 11.9 Å². The summed E-state index contributed by atoms with van der Waals surface area (Å²) in [6.07, 6.45) is 9.24. The zero-order valence-electron chi connectivity index (χ0n) is 15.7. The highest BCUT2D eigenvalue weighted by Crippen LogP contribution is 2.27. The number of aromatic nitrogens is 2. The van der Waals surface area contributed by atoms with E-state index in [9.17, 15) is 4.79 Å². The van der Waals surface area contributed by atoms with E-state index in [0.29, 0.717) is 6.54 Å². The van der Waals surface area contributed by atoms with E-state index < -0.39 is 0 Å². The second-order valence-electron chi connectivity index (χ2n) is 8.13. The Bertz CT molecular complexity index is 637. The van der Waals surface area contributed by atoms with Gasteiger partial charge in [0.2, 0.25) is 11.9 Å². The number of ether oxygens (including phenoxy) is 1. The van der Waals surface area contributed by atoms with Crippen molar-refractivity contribution in [1.82, 2.24) is 15.3 Å². The van der Waals surface area contributed by atoms with Crippen LogP contribution < -0.4 is 10.2 Å². The number of nitrogens with one attached hydrogen (secondary N) is 1. The average Bonchev–Trinajstić information content (AvgIpc) is 3.19. The van der Waals surface area contributed by atoms with Gasteiger partial charge in [0.1, 0.15) is 0 Å². The maximum absolute atomic E-state index is 12.5. The molecule has 1 aromatic rings. The minimum atomic E-state index is 0.0363. The molecule has 1 aliphatic carbocycles. The first kappa shape index (κ1) is 17.7. The number of piperidine rings is 1. The van der Waals surface area contributed by atoms with Gasteiger partial charge in [-0.1, -0.05) is 6.92 Å². The third-order valence-corrected chi connectivity index (χ3v) is 6.10. The molecule has 1 N–H and O–H groups in total. The van der Waals surface area contributed by atoms with E-state index in [2.05, 4.69) is 22.1 Å². The zero-order chi connectivity index (χ0) is 17.9. The highest BCUT2D eigenvalue weighted by atomic mass is 16.5. The van der Waals surface area contributed by atoms with Crippen LogP contribution in [0.1, 0.15) is 50.3 Å². The first-order valence-corrected chi connectivity index (χ1v) is 10.2. The lowest BCUT2D eigenvalue weighted by atomic mass is 9.86. The summed E-state index contributed by atoms with van der Waals surface area (Å²) >= 11 is 0. The summed E-state index contributed by atoms with van der Waals surface area (Å²) in [4.78, 5) is 24.2. The summed E-state index contributed by atoms with van der Waals surface area (Å²) in [5.74, 6) is 1.86. The van der Waals surface area contributed by atoms with Gasteiger partial charge in [-0.25, -0.2) is 9.97 Å². The number of aryl methyl sites for hydroxylation is 1. The van der Waals surface area contributed by atoms with Crippen LogP contribution in [-0.2, 0) is 22.4 Å². The Morgan fingerprint density at radius 1 is 1.31 bits per heavy atom. The third-order valence-electron chi connectivity index (χ3n) is 6.10. The number of hydrogen-bond acceptors (Lipinski definition) is 5. The van der Waals surface area contributed by atoms with Crippen molar-refractivity contribution < 1.29 is 9.53 Å². The smallest absolute Gasteiger partial charge is 0.225 e. The fourth-order valence-electron chi connectivity index (χ4n) is 4.25. The summed E-state index contributed by atoms with van der Waals surface area (Å²) in [7, 11) is 0. The van der Waals surface area contributed by atoms with Crippen LogP contribution in [0.4, 0.5) is 5.95 Å². The molecular weight excluding hydrogens is 328 g/mol. The van der Waals surface area contributed by atoms with Crippen LogP contribution in [0.3, 0.4) is 0 Å². The third kappa shape index (κ3) is 4.00. The number of nitrogens with zero attached hydrogens (tertiary/aromatic N) is 3. The van der Waals surface area contributed by atoms with E-state index in [0.717, 1.165) is 74.9 Å². The monoisotopic (exact) mass is 358 g/mol. The van der Waals surface area contributed by atoms with Crippen molar-refractivity contribution in [2.75, 3.05) is 31.1 Å². The minimum absolute atomic E-state index is 0.0363. The molecule has 26 heavy (non-hydrogen) atoms. The van der Waals surface area contributed by atoms with Gasteiger partial charge in [-0.05, 0) is 56.4 Å². The molecule has 1 aromatic heterocycles. The molecule has 6 nitrogen and oxygen atoms in total. The molecule has 142 valence electrons. The van der Waals surface area contributed by atoms with Crippen LogP contribution in [0.25, 0.3) is 0 Å². The maximum Gasteiger partial charge on any atom is 0.225 e. The highest BCUT2D eigenvalue weighted by molar-refractivity contribution is 5.79. The van der Waals surface area contributed by atoms with E-state index in [4.69, 9.17) is 9.72 Å². The molecule has 2 fully saturated rings. The number of rotatable bonds is 4. The van der Waals surface area contributed by atoms with Crippen LogP contribution in [0.2, 0.25) is 0 Å². The van der Waals surface area contributed by atoms with Crippen molar-refractivity contribution in [3.05, 3.63) is 17.5 Å². The molecule has 0 radical (unpaired) electrons. The van der Waals surface area contributed by atoms with Crippen LogP contribution in [0.15, 0.2) is 6.20 Å². The number of fused-ring (bicyclic) bond motifs is 1. The molecule has 2 atom stereocenters. The fourth-order valence-corrected chi connectivity index (χ4v) is 4.25. The molecule has 3 aliphatic rings. The van der Waals surface area contributed by atoms with Gasteiger partial charge < -0.3 is 15.0 Å². The first-order chi connectivity index (χ1) is 12.7. The second kappa shape index (κ2) is 7.91. The number of amides is 1. The molecule has 0 aromatic carbocycles. The van der Waals surface area contributed by atoms with E-state index in [1.165, 1.54) is 12.8 Å². The summed E-state index contributed by atoms with van der Waals surface area (Å²) in [6, 6.07) is 0. The first-order valence-electron chi connectivity index (χ1n) is 10.2. The molecule has 0 unspecified atom stereocenters. The van der Waals surface area contributed by atoms with Crippen LogP contribution >= 0.6 is 0 Å². The Morgan fingerprint density at radius 3 is 2.92 bits per heavy atom. The summed E-state index contributed by atoms with van der Waals surface area (Å²) in [5, 5.41) is 3.08. The summed E-state index contributed by atoms with van der Waals surface area (Å²) < 4.78 is 5.58. The molecule has 6 heteroatoms. The number of carbonyl (C=O) groups is 1. The van der Waals surface area contributed by atoms with Crippen molar-refractivity contribution in [2.45, 2.75) is 58.0 Å². The van der Waals surface area contributed by atoms with E-state index in [1.807, 2.05) is 6.20 Å². The standard InChI is InChI=1S/C20H30N4O2/c1-14-6-8-24(9-7-14)20-22-12-16-11-15(4-5-18(16)23-20)19(25)21-13-17-3-2-10-26-17/h12,14-15,17H,2-11,13H2,1H3,(H,21,25)/t15-,17+/m1/s1. The molecule has 1 amide bonds. The molecule has 4 rings (SSSR count). The lowest BCUT2D eigenvalue weighted by Crippen LogP contribution is -2.38. The molecule has 3 heterocycles. The van der Waals surface area contributed by atoms with Crippen LogP contribution in [0.5, 0.6) is 0 Å². The van der Waals surface area contributed by atoms with Crippen molar-refractivity contribution in [3.63, 3.8) is 0 Å². The Hall–Kier alpha value is -1.69. The Balaban J connectivity index is 1.34. The number of hydrogen-bond donors (Lipinski definition) is 1. The minimum Gasteiger partial charge on any atom is -0.376 e. The molecule has 2 aliphatic heterocycles. The van der Waals surface area contributed by atoms with E-state index >= 15 is 0 Å². The van der Waals surface area contributed by atoms with Gasteiger partial charge in [0.25, 0.3) is 0 Å². The van der Waals surface area contributed by atoms with Gasteiger partial charge in [0.15, 0.2) is 0 Å². The van der Waals surface area contributed by atoms with Gasteiger partial charge >= 0.3 is 0 Å². The molecule has 0 bridgehead atoms. The lowest BCUT2D eigenvalue weighted by molar-refractivity contribution is -0.125. The summed E-state index contributed by atoms with van der Waals surface area (Å²) in [6.45, 7) is 5.88. The van der Waals surface area contributed by atoms with Crippen molar-refractivity contribution in [1.29, 1.82) is 0 Å². The second-order valence-corrected chi connectivity index (χ2v) is 8.13. The van der Waals surface area contributed by atoms with Crippen molar-refractivity contribution in [3.8, 4) is 0 Å². The Labute approximate surface area is 155 Å². The summed E-state index contributed by atoms with van der Waals surface area (Å²) in [5.41, 5.74) is 2.28. The molecular formula is C20H30N4O2. The van der Waals surface area contributed by atoms with Crippen molar-refractivity contribution in [2.24, 2.45) is 11.8 Å². The predicted octanol–water partition coefficient (Wildman–Crippen LogP) is 2.11. The quantitative estimate of drug-likeness (QED) is 0.893. The van der Waals surface area contributed by atoms with Crippen LogP contribution in [-0.4, -0.2) is 48.2 Å². The zero-order valence-corrected chi connectivity index (χ0v) is 15.7. The lowest BCUT2D eigenvalue weighted by Gasteiger charge is -2.31. The molecule has 0 saturated carbocycles. The average molecular weight is 358 g/mol. The number of carbonyl (C=O) groups excluding carboxylic acids is 1. The predicted molar refractivity (Wildman–Crippen MR) is 100 cm³/mol. The Morgan fingerprint density at radius 2 is 2.15 bits per heavy atom. The van der Waals surface area contributed by atoms with Gasteiger partial charge in [-0.3, -0.25) is 4.79 Å². The van der Waals surface area contributed by atoms with Gasteiger partial charge in [0.05, 0.1) is 6.10 Å². The fraction of sp³-hybridized carbons (Fsp3) is 0.750. The van der Waals surface area contributed by atoms with Gasteiger partial charge in [0, 0.05) is 44.0 Å². The van der Waals surface area contributed by atoms with E-state index in [-0.39, 0.29) is 17.9 Å². The van der Waals surface area contributed by atoms with Gasteiger partial charge in [-0.15, -0.1) is 0 Å².